The molecule has 0 radical (unpaired) electrons. The second kappa shape index (κ2) is 5.19. The molecule has 0 atom stereocenters. The third-order valence-electron chi connectivity index (χ3n) is 2.57. The lowest BCUT2D eigenvalue weighted by atomic mass is 10.2. The average Bonchev–Trinajstić information content (AvgIpc) is 2.90. The smallest absolute Gasteiger partial charge is 0.355 e. The topological polar surface area (TPSA) is 31.2 Å². The maximum atomic E-state index is 11.8. The van der Waals surface area contributed by atoms with Crippen LogP contribution < -0.4 is 0 Å². The first-order valence-electron chi connectivity index (χ1n) is 5.56. The zero-order valence-corrected chi connectivity index (χ0v) is 10.8. The van der Waals surface area contributed by atoms with Gasteiger partial charge in [0.2, 0.25) is 0 Å². The summed E-state index contributed by atoms with van der Waals surface area (Å²) in [5.74, 6) is -0.245. The van der Waals surface area contributed by atoms with Gasteiger partial charge in [0.15, 0.2) is 0 Å². The van der Waals surface area contributed by atoms with Crippen LogP contribution in [-0.4, -0.2) is 17.1 Å². The van der Waals surface area contributed by atoms with Crippen molar-refractivity contribution >= 4 is 17.3 Å². The van der Waals surface area contributed by atoms with E-state index in [0.717, 1.165) is 5.56 Å². The number of carbonyl (C=O) groups excluding carboxylic acids is 1. The number of aromatic nitrogens is 1. The van der Waals surface area contributed by atoms with E-state index in [4.69, 9.17) is 4.74 Å². The number of thiophene rings is 1. The zero-order chi connectivity index (χ0) is 12.3. The Morgan fingerprint density at radius 2 is 2.29 bits per heavy atom. The van der Waals surface area contributed by atoms with Gasteiger partial charge in [-0.15, -0.1) is 0 Å². The fraction of sp³-hybridized carbons (Fsp3) is 0.308. The predicted molar refractivity (Wildman–Crippen MR) is 68.5 cm³/mol. The summed E-state index contributed by atoms with van der Waals surface area (Å²) in [6.07, 6.45) is 1.93. The van der Waals surface area contributed by atoms with E-state index in [2.05, 4.69) is 11.4 Å². The summed E-state index contributed by atoms with van der Waals surface area (Å²) in [5.41, 5.74) is 2.81. The Hall–Kier alpha value is -1.55. The molecule has 2 aromatic rings. The summed E-state index contributed by atoms with van der Waals surface area (Å²) in [6.45, 7) is 4.86. The molecule has 4 heteroatoms. The minimum Gasteiger partial charge on any atom is -0.461 e. The Kier molecular flexibility index (Phi) is 3.64. The molecule has 0 amide bonds. The van der Waals surface area contributed by atoms with E-state index >= 15 is 0 Å². The molecule has 2 heterocycles. The van der Waals surface area contributed by atoms with E-state index < -0.39 is 0 Å². The van der Waals surface area contributed by atoms with Gasteiger partial charge in [0.25, 0.3) is 0 Å². The minimum absolute atomic E-state index is 0.245. The highest BCUT2D eigenvalue weighted by Gasteiger charge is 2.15. The van der Waals surface area contributed by atoms with E-state index in [1.807, 2.05) is 36.1 Å². The van der Waals surface area contributed by atoms with Crippen LogP contribution in [0.3, 0.4) is 0 Å². The summed E-state index contributed by atoms with van der Waals surface area (Å²) < 4.78 is 7.01. The van der Waals surface area contributed by atoms with Crippen LogP contribution in [0, 0.1) is 6.92 Å². The molecular formula is C13H15NO2S. The van der Waals surface area contributed by atoms with E-state index in [1.54, 1.807) is 11.3 Å². The molecule has 2 aromatic heterocycles. The van der Waals surface area contributed by atoms with Crippen LogP contribution in [0.1, 0.15) is 28.5 Å². The third-order valence-corrected chi connectivity index (χ3v) is 3.30. The molecule has 0 aliphatic carbocycles. The Labute approximate surface area is 105 Å². The predicted octanol–water partition coefficient (Wildman–Crippen LogP) is 3.08. The van der Waals surface area contributed by atoms with Gasteiger partial charge in [0, 0.05) is 12.7 Å². The molecule has 0 saturated carbocycles. The van der Waals surface area contributed by atoms with Crippen LogP contribution >= 0.6 is 11.3 Å². The van der Waals surface area contributed by atoms with Gasteiger partial charge < -0.3 is 9.30 Å². The molecule has 0 spiro atoms. The molecule has 0 aromatic carbocycles. The maximum absolute atomic E-state index is 11.8. The molecule has 2 rings (SSSR count). The highest BCUT2D eigenvalue weighted by molar-refractivity contribution is 7.07. The summed E-state index contributed by atoms with van der Waals surface area (Å²) in [4.78, 5) is 11.8. The van der Waals surface area contributed by atoms with Crippen molar-refractivity contribution in [1.82, 2.24) is 4.57 Å². The van der Waals surface area contributed by atoms with Crippen LogP contribution in [0.5, 0.6) is 0 Å². The van der Waals surface area contributed by atoms with Crippen molar-refractivity contribution in [2.45, 2.75) is 20.4 Å². The fourth-order valence-electron chi connectivity index (χ4n) is 1.77. The number of hydrogen-bond acceptors (Lipinski definition) is 3. The van der Waals surface area contributed by atoms with Crippen LogP contribution in [0.2, 0.25) is 0 Å². The standard InChI is InChI=1S/C13H15NO2S/c1-3-16-13(15)12-10(2)4-6-14(12)8-11-5-7-17-9-11/h4-7,9H,3,8H2,1-2H3. The van der Waals surface area contributed by atoms with Gasteiger partial charge in [0.05, 0.1) is 6.61 Å². The van der Waals surface area contributed by atoms with E-state index in [0.29, 0.717) is 18.8 Å². The lowest BCUT2D eigenvalue weighted by Crippen LogP contribution is -2.13. The molecule has 0 N–H and O–H groups in total. The van der Waals surface area contributed by atoms with Crippen molar-refractivity contribution in [3.8, 4) is 0 Å². The van der Waals surface area contributed by atoms with Gasteiger partial charge in [-0.05, 0) is 47.9 Å². The number of esters is 1. The second-order valence-electron chi connectivity index (χ2n) is 3.83. The highest BCUT2D eigenvalue weighted by Crippen LogP contribution is 2.15. The minimum atomic E-state index is -0.245. The molecule has 0 saturated heterocycles. The molecule has 0 unspecified atom stereocenters. The normalized spacial score (nSPS) is 10.5. The number of ether oxygens (including phenoxy) is 1. The first-order valence-corrected chi connectivity index (χ1v) is 6.50. The van der Waals surface area contributed by atoms with Crippen molar-refractivity contribution in [3.63, 3.8) is 0 Å². The van der Waals surface area contributed by atoms with Crippen molar-refractivity contribution in [3.05, 3.63) is 45.9 Å². The van der Waals surface area contributed by atoms with Crippen molar-refractivity contribution < 1.29 is 9.53 Å². The maximum Gasteiger partial charge on any atom is 0.355 e. The molecule has 17 heavy (non-hydrogen) atoms. The van der Waals surface area contributed by atoms with Crippen LogP contribution in [0.15, 0.2) is 29.1 Å². The van der Waals surface area contributed by atoms with Gasteiger partial charge in [-0.1, -0.05) is 0 Å². The fourth-order valence-corrected chi connectivity index (χ4v) is 2.43. The number of rotatable bonds is 4. The quantitative estimate of drug-likeness (QED) is 0.780. The van der Waals surface area contributed by atoms with Gasteiger partial charge in [0.1, 0.15) is 5.69 Å². The van der Waals surface area contributed by atoms with E-state index in [1.165, 1.54) is 5.56 Å². The number of carbonyl (C=O) groups is 1. The number of hydrogen-bond donors (Lipinski definition) is 0. The van der Waals surface area contributed by atoms with E-state index in [-0.39, 0.29) is 5.97 Å². The Balaban J connectivity index is 2.26. The molecule has 0 aliphatic rings. The highest BCUT2D eigenvalue weighted by atomic mass is 32.1. The number of aryl methyl sites for hydroxylation is 1. The number of nitrogens with zero attached hydrogens (tertiary/aromatic N) is 1. The van der Waals surface area contributed by atoms with Crippen LogP contribution in [0.25, 0.3) is 0 Å². The molecule has 90 valence electrons. The lowest BCUT2D eigenvalue weighted by Gasteiger charge is -2.08. The Morgan fingerprint density at radius 3 is 2.94 bits per heavy atom. The van der Waals surface area contributed by atoms with Gasteiger partial charge in [-0.2, -0.15) is 11.3 Å². The van der Waals surface area contributed by atoms with E-state index in [9.17, 15) is 4.79 Å². The lowest BCUT2D eigenvalue weighted by molar-refractivity contribution is 0.0513. The van der Waals surface area contributed by atoms with Crippen molar-refractivity contribution in [2.75, 3.05) is 6.61 Å². The molecular weight excluding hydrogens is 234 g/mol. The van der Waals surface area contributed by atoms with Crippen LogP contribution in [0.4, 0.5) is 0 Å². The molecule has 3 nitrogen and oxygen atoms in total. The summed E-state index contributed by atoms with van der Waals surface area (Å²) in [7, 11) is 0. The summed E-state index contributed by atoms with van der Waals surface area (Å²) >= 11 is 1.66. The third kappa shape index (κ3) is 2.58. The summed E-state index contributed by atoms with van der Waals surface area (Å²) in [6, 6.07) is 4.01. The average molecular weight is 249 g/mol. The van der Waals surface area contributed by atoms with Gasteiger partial charge in [-0.25, -0.2) is 4.79 Å². The summed E-state index contributed by atoms with van der Waals surface area (Å²) in [5, 5.41) is 4.12. The largest absolute Gasteiger partial charge is 0.461 e. The SMILES string of the molecule is CCOC(=O)c1c(C)ccn1Cc1ccsc1. The zero-order valence-electron chi connectivity index (χ0n) is 9.97. The molecule has 0 fully saturated rings. The molecule has 0 bridgehead atoms. The van der Waals surface area contributed by atoms with Crippen molar-refractivity contribution in [2.24, 2.45) is 0 Å². The van der Waals surface area contributed by atoms with Crippen molar-refractivity contribution in [1.29, 1.82) is 0 Å². The first kappa shape index (κ1) is 11.9. The first-order chi connectivity index (χ1) is 8.22. The Morgan fingerprint density at radius 1 is 1.47 bits per heavy atom. The van der Waals surface area contributed by atoms with Crippen LogP contribution in [-0.2, 0) is 11.3 Å². The van der Waals surface area contributed by atoms with Gasteiger partial charge >= 0.3 is 5.97 Å². The second-order valence-corrected chi connectivity index (χ2v) is 4.61. The Bertz CT molecular complexity index is 499. The van der Waals surface area contributed by atoms with Gasteiger partial charge in [-0.3, -0.25) is 0 Å². The monoisotopic (exact) mass is 249 g/mol. The molecule has 0 aliphatic heterocycles.